The van der Waals surface area contributed by atoms with Crippen LogP contribution in [0.1, 0.15) is 94.1 Å². The molecule has 3 heterocycles. The van der Waals surface area contributed by atoms with Crippen LogP contribution in [-0.4, -0.2) is 79.0 Å². The second kappa shape index (κ2) is 21.0. The van der Waals surface area contributed by atoms with Crippen molar-refractivity contribution in [2.45, 2.75) is 90.6 Å². The van der Waals surface area contributed by atoms with Crippen LogP contribution < -0.4 is 16.1 Å². The summed E-state index contributed by atoms with van der Waals surface area (Å²) in [4.78, 5) is 76.3. The van der Waals surface area contributed by atoms with Gasteiger partial charge in [-0.25, -0.2) is 15.4 Å². The number of aliphatic carboxylic acids is 1. The number of nitrogens with one attached hydrogen (secondary N) is 3. The Morgan fingerprint density at radius 1 is 0.853 bits per heavy atom. The minimum Gasteiger partial charge on any atom is -0.480 e. The number of carbonyl (C=O) groups is 5. The van der Waals surface area contributed by atoms with Gasteiger partial charge in [0.15, 0.2) is 0 Å². The first-order valence-corrected chi connectivity index (χ1v) is 23.0. The maximum absolute atomic E-state index is 14.5. The van der Waals surface area contributed by atoms with E-state index in [4.69, 9.17) is 14.7 Å². The van der Waals surface area contributed by atoms with Gasteiger partial charge >= 0.3 is 11.9 Å². The Morgan fingerprint density at radius 2 is 1.46 bits per heavy atom. The standard InChI is InChI=1S/C54H59N7O7/c1-35(2)48(58-52(67)53(5,6)29-28-38-24-25-39-26-27-44(56-46(39)31-38)36(3)68-37(4)62)49(63)57-47(50(64)61-30-16-23-45(59-61)51(65)66)32-43-33-60(34-55-43)54(40-17-10-7-11-18-40,41-19-12-8-13-20-41)42-21-14-9-15-22-42/h7-15,17-22,24-29,31,33-36,45,47-48,59H,16,23,30,32H2,1-6H3,(H,57,63)(H,58,67)(H,65,66)/b29-28+/t36-,45+,47+,48+/m1/s1. The summed E-state index contributed by atoms with van der Waals surface area (Å²) in [5.41, 5.74) is 6.40. The van der Waals surface area contributed by atoms with Crippen LogP contribution in [-0.2, 0) is 40.7 Å². The van der Waals surface area contributed by atoms with E-state index in [0.29, 0.717) is 29.7 Å². The number of hydrazine groups is 1. The predicted octanol–water partition coefficient (Wildman–Crippen LogP) is 7.38. The highest BCUT2D eigenvalue weighted by atomic mass is 16.5. The van der Waals surface area contributed by atoms with E-state index >= 15 is 0 Å². The molecule has 0 saturated carbocycles. The molecule has 6 aromatic rings. The number of hydrogen-bond acceptors (Lipinski definition) is 9. The van der Waals surface area contributed by atoms with Crippen LogP contribution in [0.3, 0.4) is 0 Å². The number of esters is 1. The number of carbonyl (C=O) groups excluding carboxylic acids is 4. The summed E-state index contributed by atoms with van der Waals surface area (Å²) in [5.74, 6) is -3.40. The molecule has 4 atom stereocenters. The Hall–Kier alpha value is -7.45. The number of pyridine rings is 1. The number of aromatic nitrogens is 3. The summed E-state index contributed by atoms with van der Waals surface area (Å²) in [6.45, 7) is 10.5. The highest BCUT2D eigenvalue weighted by Gasteiger charge is 2.40. The fourth-order valence-electron chi connectivity index (χ4n) is 8.65. The number of rotatable bonds is 17. The summed E-state index contributed by atoms with van der Waals surface area (Å²) in [6.07, 6.45) is 7.41. The number of imidazole rings is 1. The fourth-order valence-corrected chi connectivity index (χ4v) is 8.65. The van der Waals surface area contributed by atoms with Crippen molar-refractivity contribution in [3.8, 4) is 0 Å². The highest BCUT2D eigenvalue weighted by molar-refractivity contribution is 5.94. The molecule has 2 aromatic heterocycles. The Labute approximate surface area is 396 Å². The van der Waals surface area contributed by atoms with Crippen LogP contribution in [0.5, 0.6) is 0 Å². The number of fused-ring (bicyclic) bond motifs is 1. The molecule has 1 aliphatic rings. The molecule has 3 amide bonds. The molecule has 14 heteroatoms. The first kappa shape index (κ1) is 48.5. The minimum atomic E-state index is -1.20. The van der Waals surface area contributed by atoms with Crippen LogP contribution in [0.2, 0.25) is 0 Å². The Morgan fingerprint density at radius 3 is 2.03 bits per heavy atom. The van der Waals surface area contributed by atoms with E-state index in [9.17, 15) is 29.1 Å². The number of carboxylic acids is 1. The summed E-state index contributed by atoms with van der Waals surface area (Å²) in [5, 5.41) is 17.9. The second-order valence-electron chi connectivity index (χ2n) is 18.2. The molecule has 0 aliphatic carbocycles. The second-order valence-corrected chi connectivity index (χ2v) is 18.2. The van der Waals surface area contributed by atoms with Crippen molar-refractivity contribution >= 4 is 46.6 Å². The van der Waals surface area contributed by atoms with Gasteiger partial charge in [-0.05, 0) is 73.9 Å². The number of carboxylic acid groups (broad SMARTS) is 1. The van der Waals surface area contributed by atoms with E-state index in [1.54, 1.807) is 33.2 Å². The average Bonchev–Trinajstić information content (AvgIpc) is 3.81. The Bertz CT molecular complexity index is 2680. The van der Waals surface area contributed by atoms with Crippen LogP contribution in [0.4, 0.5) is 0 Å². The summed E-state index contributed by atoms with van der Waals surface area (Å²) >= 11 is 0. The molecule has 14 nitrogen and oxygen atoms in total. The lowest BCUT2D eigenvalue weighted by atomic mass is 9.77. The van der Waals surface area contributed by atoms with Crippen molar-refractivity contribution in [3.05, 3.63) is 174 Å². The zero-order chi connectivity index (χ0) is 48.6. The predicted molar refractivity (Wildman–Crippen MR) is 259 cm³/mol. The molecule has 0 radical (unpaired) electrons. The number of ether oxygens (including phenoxy) is 1. The van der Waals surface area contributed by atoms with E-state index < -0.39 is 70.8 Å². The van der Waals surface area contributed by atoms with Gasteiger partial charge in [0.25, 0.3) is 5.91 Å². The zero-order valence-corrected chi connectivity index (χ0v) is 39.3. The van der Waals surface area contributed by atoms with Crippen molar-refractivity contribution in [2.24, 2.45) is 11.3 Å². The highest BCUT2D eigenvalue weighted by Crippen LogP contribution is 2.41. The molecule has 0 unspecified atom stereocenters. The minimum absolute atomic E-state index is 0.0420. The molecule has 4 aromatic carbocycles. The third-order valence-electron chi connectivity index (χ3n) is 12.4. The van der Waals surface area contributed by atoms with Crippen molar-refractivity contribution < 1.29 is 33.8 Å². The molecule has 68 heavy (non-hydrogen) atoms. The van der Waals surface area contributed by atoms with E-state index in [-0.39, 0.29) is 13.0 Å². The monoisotopic (exact) mass is 917 g/mol. The lowest BCUT2D eigenvalue weighted by Gasteiger charge is -2.37. The van der Waals surface area contributed by atoms with Crippen molar-refractivity contribution in [1.29, 1.82) is 0 Å². The van der Waals surface area contributed by atoms with Gasteiger partial charge in [0, 0.05) is 31.5 Å². The molecule has 1 aliphatic heterocycles. The maximum atomic E-state index is 14.5. The SMILES string of the molecule is CC(=O)O[C@H](C)c1ccc2ccc(/C=C/C(C)(C)C(=O)N[C@H](C(=O)N[C@@H](Cc3cn(C(c4ccccc4)(c4ccccc4)c4ccccc4)cn3)C(=O)N3CCC[C@@H](C(=O)O)N3)C(C)C)cc2n1. The largest absolute Gasteiger partial charge is 0.480 e. The van der Waals surface area contributed by atoms with Crippen LogP contribution >= 0.6 is 0 Å². The van der Waals surface area contributed by atoms with E-state index in [1.165, 1.54) is 11.9 Å². The molecule has 4 N–H and O–H groups in total. The fraction of sp³-hybridized carbons (Fsp3) is 0.315. The molecular weight excluding hydrogens is 859 g/mol. The van der Waals surface area contributed by atoms with Gasteiger partial charge in [0.2, 0.25) is 11.8 Å². The Balaban J connectivity index is 1.16. The van der Waals surface area contributed by atoms with Gasteiger partial charge in [-0.15, -0.1) is 0 Å². The lowest BCUT2D eigenvalue weighted by Crippen LogP contribution is -2.62. The average molecular weight is 918 g/mol. The van der Waals surface area contributed by atoms with E-state index in [0.717, 1.165) is 27.6 Å². The molecule has 0 bridgehead atoms. The molecule has 7 rings (SSSR count). The smallest absolute Gasteiger partial charge is 0.322 e. The van der Waals surface area contributed by atoms with Gasteiger partial charge in [-0.1, -0.05) is 135 Å². The molecule has 1 fully saturated rings. The third-order valence-corrected chi connectivity index (χ3v) is 12.4. The molecule has 0 spiro atoms. The lowest BCUT2D eigenvalue weighted by molar-refractivity contribution is -0.149. The van der Waals surface area contributed by atoms with Crippen LogP contribution in [0.25, 0.3) is 17.0 Å². The first-order chi connectivity index (χ1) is 32.6. The normalized spacial score (nSPS) is 15.7. The number of amides is 3. The van der Waals surface area contributed by atoms with Crippen molar-refractivity contribution in [2.75, 3.05) is 6.54 Å². The quantitative estimate of drug-likeness (QED) is 0.0532. The molecule has 1 saturated heterocycles. The van der Waals surface area contributed by atoms with Crippen LogP contribution in [0, 0.1) is 11.3 Å². The number of benzene rings is 4. The van der Waals surface area contributed by atoms with Gasteiger partial charge in [-0.3, -0.25) is 29.0 Å². The first-order valence-electron chi connectivity index (χ1n) is 23.0. The van der Waals surface area contributed by atoms with Gasteiger partial charge in [0.05, 0.1) is 28.6 Å². The molecular formula is C54H59N7O7. The number of nitrogens with zero attached hydrogens (tertiary/aromatic N) is 4. The summed E-state index contributed by atoms with van der Waals surface area (Å²) in [7, 11) is 0. The van der Waals surface area contributed by atoms with E-state index in [2.05, 4.69) is 52.5 Å². The van der Waals surface area contributed by atoms with Crippen LogP contribution in [0.15, 0.2) is 140 Å². The van der Waals surface area contributed by atoms with Gasteiger partial charge in [0.1, 0.15) is 29.8 Å². The van der Waals surface area contributed by atoms with Crippen molar-refractivity contribution in [1.82, 2.24) is 35.6 Å². The Kier molecular flexibility index (Phi) is 15.0. The third kappa shape index (κ3) is 10.9. The van der Waals surface area contributed by atoms with Crippen molar-refractivity contribution in [3.63, 3.8) is 0 Å². The summed E-state index contributed by atoms with van der Waals surface area (Å²) in [6, 6.07) is 36.5. The van der Waals surface area contributed by atoms with E-state index in [1.807, 2.05) is 116 Å². The zero-order valence-electron chi connectivity index (χ0n) is 39.3. The topological polar surface area (TPSA) is 185 Å². The van der Waals surface area contributed by atoms with Gasteiger partial charge < -0.3 is 25.0 Å². The maximum Gasteiger partial charge on any atom is 0.322 e. The molecule has 352 valence electrons. The summed E-state index contributed by atoms with van der Waals surface area (Å²) < 4.78 is 7.34. The van der Waals surface area contributed by atoms with Gasteiger partial charge in [-0.2, -0.15) is 0 Å². The number of hydrogen-bond donors (Lipinski definition) is 4.